The molecular formula is C10H6N4O3. The largest absolute Gasteiger partial charge is 0.350 e. The second kappa shape index (κ2) is 3.14. The van der Waals surface area contributed by atoms with Gasteiger partial charge in [0.05, 0.1) is 10.9 Å². The molecule has 0 aliphatic heterocycles. The second-order valence-electron chi connectivity index (χ2n) is 3.53. The van der Waals surface area contributed by atoms with Gasteiger partial charge in [-0.1, -0.05) is 0 Å². The third kappa shape index (κ3) is 1.22. The molecule has 0 spiro atoms. The molecule has 0 saturated carbocycles. The number of H-pyrrole nitrogens is 3. The van der Waals surface area contributed by atoms with E-state index in [1.807, 2.05) is 0 Å². The van der Waals surface area contributed by atoms with Gasteiger partial charge in [0.1, 0.15) is 10.9 Å². The fourth-order valence-corrected chi connectivity index (χ4v) is 1.76. The summed E-state index contributed by atoms with van der Waals surface area (Å²) in [6.07, 6.45) is 2.85. The molecule has 0 aliphatic carbocycles. The summed E-state index contributed by atoms with van der Waals surface area (Å²) in [6.45, 7) is 0. The molecule has 0 bridgehead atoms. The lowest BCUT2D eigenvalue weighted by Gasteiger charge is -1.99. The van der Waals surface area contributed by atoms with Gasteiger partial charge in [-0.05, 0) is 6.07 Å². The van der Waals surface area contributed by atoms with Crippen molar-refractivity contribution in [1.29, 1.82) is 0 Å². The van der Waals surface area contributed by atoms with Crippen molar-refractivity contribution in [2.24, 2.45) is 0 Å². The Hall–Kier alpha value is -2.70. The van der Waals surface area contributed by atoms with Crippen LogP contribution in [-0.2, 0) is 0 Å². The number of nitrogens with zero attached hydrogens (tertiary/aromatic N) is 1. The molecule has 3 aromatic rings. The maximum atomic E-state index is 12.0. The van der Waals surface area contributed by atoms with Crippen LogP contribution in [0.15, 0.2) is 32.8 Å². The van der Waals surface area contributed by atoms with Crippen LogP contribution in [0.3, 0.4) is 0 Å². The van der Waals surface area contributed by atoms with E-state index in [0.29, 0.717) is 5.52 Å². The zero-order valence-corrected chi connectivity index (χ0v) is 8.40. The molecule has 0 fully saturated rings. The lowest BCUT2D eigenvalue weighted by atomic mass is 10.2. The summed E-state index contributed by atoms with van der Waals surface area (Å²) >= 11 is 0. The van der Waals surface area contributed by atoms with Crippen LogP contribution < -0.4 is 16.5 Å². The van der Waals surface area contributed by atoms with Crippen LogP contribution in [0.5, 0.6) is 0 Å². The first-order valence-corrected chi connectivity index (χ1v) is 4.79. The van der Waals surface area contributed by atoms with Gasteiger partial charge >= 0.3 is 0 Å². The SMILES string of the molecule is O=c1[nH][nH]c(=O)c2c(=O)c3cnccc3[nH]c12. The van der Waals surface area contributed by atoms with Crippen molar-refractivity contribution in [1.82, 2.24) is 20.2 Å². The van der Waals surface area contributed by atoms with E-state index in [2.05, 4.69) is 20.2 Å². The van der Waals surface area contributed by atoms with Crippen molar-refractivity contribution in [3.8, 4) is 0 Å². The third-order valence-electron chi connectivity index (χ3n) is 2.55. The smallest absolute Gasteiger partial charge is 0.287 e. The van der Waals surface area contributed by atoms with Crippen molar-refractivity contribution in [2.45, 2.75) is 0 Å². The van der Waals surface area contributed by atoms with E-state index in [9.17, 15) is 14.4 Å². The minimum Gasteiger partial charge on any atom is -0.350 e. The molecule has 0 amide bonds. The summed E-state index contributed by atoms with van der Waals surface area (Å²) < 4.78 is 0. The Balaban J connectivity index is 2.80. The summed E-state index contributed by atoms with van der Waals surface area (Å²) in [6, 6.07) is 1.57. The highest BCUT2D eigenvalue weighted by atomic mass is 16.2. The molecule has 3 heterocycles. The van der Waals surface area contributed by atoms with Gasteiger partial charge in [-0.15, -0.1) is 0 Å². The molecule has 3 aromatic heterocycles. The number of hydrogen-bond donors (Lipinski definition) is 3. The molecule has 0 aliphatic rings. The molecule has 0 saturated heterocycles. The molecule has 0 unspecified atom stereocenters. The number of fused-ring (bicyclic) bond motifs is 2. The number of rotatable bonds is 0. The minimum atomic E-state index is -0.633. The molecule has 0 radical (unpaired) electrons. The van der Waals surface area contributed by atoms with Crippen molar-refractivity contribution < 1.29 is 0 Å². The number of nitrogens with one attached hydrogen (secondary N) is 3. The highest BCUT2D eigenvalue weighted by Crippen LogP contribution is 2.06. The first kappa shape index (κ1) is 9.52. The highest BCUT2D eigenvalue weighted by molar-refractivity contribution is 5.90. The molecular weight excluding hydrogens is 224 g/mol. The van der Waals surface area contributed by atoms with E-state index in [1.165, 1.54) is 12.4 Å². The summed E-state index contributed by atoms with van der Waals surface area (Å²) in [7, 11) is 0. The minimum absolute atomic E-state index is 0.0301. The van der Waals surface area contributed by atoms with E-state index < -0.39 is 16.5 Å². The first-order chi connectivity index (χ1) is 8.18. The van der Waals surface area contributed by atoms with Crippen LogP contribution >= 0.6 is 0 Å². The second-order valence-corrected chi connectivity index (χ2v) is 3.53. The van der Waals surface area contributed by atoms with Crippen LogP contribution in [0.2, 0.25) is 0 Å². The van der Waals surface area contributed by atoms with Gasteiger partial charge in [0.2, 0.25) is 5.43 Å². The topological polar surface area (TPSA) is 111 Å². The van der Waals surface area contributed by atoms with Crippen molar-refractivity contribution in [3.05, 3.63) is 49.4 Å². The fourth-order valence-electron chi connectivity index (χ4n) is 1.76. The predicted molar refractivity (Wildman–Crippen MR) is 61.1 cm³/mol. The predicted octanol–water partition coefficient (Wildman–Crippen LogP) is -0.547. The van der Waals surface area contributed by atoms with Gasteiger partial charge in [0, 0.05) is 12.4 Å². The fraction of sp³-hybridized carbons (Fsp3) is 0. The quantitative estimate of drug-likeness (QED) is 0.450. The average Bonchev–Trinajstić information content (AvgIpc) is 2.34. The van der Waals surface area contributed by atoms with Crippen LogP contribution in [0.1, 0.15) is 0 Å². The van der Waals surface area contributed by atoms with E-state index in [1.54, 1.807) is 6.07 Å². The molecule has 0 atom stereocenters. The van der Waals surface area contributed by atoms with Crippen LogP contribution in [0, 0.1) is 0 Å². The van der Waals surface area contributed by atoms with E-state index in [-0.39, 0.29) is 16.3 Å². The van der Waals surface area contributed by atoms with Crippen LogP contribution in [0.25, 0.3) is 21.8 Å². The third-order valence-corrected chi connectivity index (χ3v) is 2.55. The summed E-state index contributed by atoms with van der Waals surface area (Å²) in [4.78, 5) is 41.6. The van der Waals surface area contributed by atoms with Crippen LogP contribution in [-0.4, -0.2) is 20.2 Å². The highest BCUT2D eigenvalue weighted by Gasteiger charge is 2.10. The monoisotopic (exact) mass is 230 g/mol. The zero-order valence-electron chi connectivity index (χ0n) is 8.40. The Bertz CT molecular complexity index is 903. The van der Waals surface area contributed by atoms with Crippen molar-refractivity contribution in [2.75, 3.05) is 0 Å². The number of pyridine rings is 2. The van der Waals surface area contributed by atoms with Gasteiger partial charge in [-0.2, -0.15) is 0 Å². The van der Waals surface area contributed by atoms with Gasteiger partial charge in [0.25, 0.3) is 11.1 Å². The maximum Gasteiger partial charge on any atom is 0.287 e. The number of aromatic nitrogens is 4. The summed E-state index contributed by atoms with van der Waals surface area (Å²) in [5.74, 6) is 0. The van der Waals surface area contributed by atoms with Crippen molar-refractivity contribution in [3.63, 3.8) is 0 Å². The normalized spacial score (nSPS) is 11.1. The Morgan fingerprint density at radius 1 is 1.06 bits per heavy atom. The molecule has 17 heavy (non-hydrogen) atoms. The van der Waals surface area contributed by atoms with Crippen molar-refractivity contribution >= 4 is 21.8 Å². The first-order valence-electron chi connectivity index (χ1n) is 4.79. The Morgan fingerprint density at radius 3 is 2.65 bits per heavy atom. The lowest BCUT2D eigenvalue weighted by molar-refractivity contribution is 0.970. The van der Waals surface area contributed by atoms with E-state index in [4.69, 9.17) is 0 Å². The lowest BCUT2D eigenvalue weighted by Crippen LogP contribution is -2.25. The van der Waals surface area contributed by atoms with Gasteiger partial charge in [0.15, 0.2) is 0 Å². The van der Waals surface area contributed by atoms with Crippen LogP contribution in [0.4, 0.5) is 0 Å². The number of hydrogen-bond acceptors (Lipinski definition) is 4. The molecule has 3 rings (SSSR count). The molecule has 0 aromatic carbocycles. The molecule has 7 heteroatoms. The zero-order chi connectivity index (χ0) is 12.0. The standard InChI is InChI=1S/C10H6N4O3/c15-8-4-3-11-2-1-5(4)12-7-6(8)9(16)13-14-10(7)17/h1-3H,(H,12,15)(H,13,16)(H,14,17). The van der Waals surface area contributed by atoms with E-state index in [0.717, 1.165) is 0 Å². The average molecular weight is 230 g/mol. The molecule has 7 nitrogen and oxygen atoms in total. The Kier molecular flexibility index (Phi) is 1.76. The maximum absolute atomic E-state index is 12.0. The number of aromatic amines is 3. The van der Waals surface area contributed by atoms with Gasteiger partial charge in [-0.25, -0.2) is 0 Å². The Morgan fingerprint density at radius 2 is 1.82 bits per heavy atom. The Labute approximate surface area is 92.1 Å². The summed E-state index contributed by atoms with van der Waals surface area (Å²) in [5.41, 5.74) is -1.25. The van der Waals surface area contributed by atoms with Gasteiger partial charge < -0.3 is 4.98 Å². The van der Waals surface area contributed by atoms with Gasteiger partial charge in [-0.3, -0.25) is 29.6 Å². The summed E-state index contributed by atoms with van der Waals surface area (Å²) in [5, 5.41) is 4.36. The van der Waals surface area contributed by atoms with E-state index >= 15 is 0 Å². The molecule has 84 valence electrons. The molecule has 3 N–H and O–H groups in total.